The molecule has 1 heterocycles. The summed E-state index contributed by atoms with van der Waals surface area (Å²) in [5, 5.41) is 7.31. The number of aryl methyl sites for hydroxylation is 4. The van der Waals surface area contributed by atoms with Crippen molar-refractivity contribution in [2.24, 2.45) is 0 Å². The Balaban J connectivity index is 1.86. The molecule has 0 saturated carbocycles. The van der Waals surface area contributed by atoms with Gasteiger partial charge in [0, 0.05) is 24.5 Å². The standard InChI is InChI=1S/C16H22N4O/c1-11-6-4-7-14(17)15(11)16(21)18-8-5-9-20-13(3)10-12(2)19-20/h4,6-7,10H,5,8-9,17H2,1-3H3,(H,18,21). The van der Waals surface area contributed by atoms with Crippen LogP contribution in [0.5, 0.6) is 0 Å². The average molecular weight is 286 g/mol. The van der Waals surface area contributed by atoms with Gasteiger partial charge in [-0.2, -0.15) is 5.10 Å². The maximum Gasteiger partial charge on any atom is 0.253 e. The molecule has 0 spiro atoms. The van der Waals surface area contributed by atoms with Crippen molar-refractivity contribution in [2.45, 2.75) is 33.7 Å². The van der Waals surface area contributed by atoms with Crippen LogP contribution < -0.4 is 11.1 Å². The first-order valence-corrected chi connectivity index (χ1v) is 7.13. The van der Waals surface area contributed by atoms with Crippen molar-refractivity contribution in [3.05, 3.63) is 46.8 Å². The molecular weight excluding hydrogens is 264 g/mol. The lowest BCUT2D eigenvalue weighted by atomic mass is 10.1. The van der Waals surface area contributed by atoms with Gasteiger partial charge in [0.15, 0.2) is 0 Å². The highest BCUT2D eigenvalue weighted by molar-refractivity contribution is 6.00. The second kappa shape index (κ2) is 6.43. The summed E-state index contributed by atoms with van der Waals surface area (Å²) in [6.07, 6.45) is 0.833. The van der Waals surface area contributed by atoms with Crippen molar-refractivity contribution < 1.29 is 4.79 Å². The molecule has 0 radical (unpaired) electrons. The van der Waals surface area contributed by atoms with Gasteiger partial charge in [-0.15, -0.1) is 0 Å². The fourth-order valence-electron chi connectivity index (χ4n) is 2.42. The summed E-state index contributed by atoms with van der Waals surface area (Å²) in [6, 6.07) is 7.54. The number of hydrogen-bond donors (Lipinski definition) is 2. The maximum absolute atomic E-state index is 12.2. The molecule has 0 aliphatic heterocycles. The summed E-state index contributed by atoms with van der Waals surface area (Å²) in [5.74, 6) is -0.112. The molecule has 0 aliphatic carbocycles. The van der Waals surface area contributed by atoms with Crippen LogP contribution in [0.3, 0.4) is 0 Å². The van der Waals surface area contributed by atoms with Crippen molar-refractivity contribution in [3.63, 3.8) is 0 Å². The third-order valence-corrected chi connectivity index (χ3v) is 3.47. The van der Waals surface area contributed by atoms with E-state index >= 15 is 0 Å². The number of hydrogen-bond acceptors (Lipinski definition) is 3. The second-order valence-corrected chi connectivity index (χ2v) is 5.30. The highest BCUT2D eigenvalue weighted by Gasteiger charge is 2.11. The molecule has 2 aromatic rings. The van der Waals surface area contributed by atoms with E-state index in [0.29, 0.717) is 17.8 Å². The highest BCUT2D eigenvalue weighted by atomic mass is 16.1. The maximum atomic E-state index is 12.2. The number of carbonyl (C=O) groups is 1. The van der Waals surface area contributed by atoms with Gasteiger partial charge in [-0.05, 0) is 44.9 Å². The first-order chi connectivity index (χ1) is 9.99. The summed E-state index contributed by atoms with van der Waals surface area (Å²) < 4.78 is 1.96. The number of carbonyl (C=O) groups excluding carboxylic acids is 1. The Kier molecular flexibility index (Phi) is 4.62. The Labute approximate surface area is 125 Å². The third kappa shape index (κ3) is 3.62. The zero-order chi connectivity index (χ0) is 15.4. The average Bonchev–Trinajstić information content (AvgIpc) is 2.73. The zero-order valence-electron chi connectivity index (χ0n) is 12.8. The number of aromatic nitrogens is 2. The van der Waals surface area contributed by atoms with Gasteiger partial charge in [0.2, 0.25) is 0 Å². The van der Waals surface area contributed by atoms with Crippen molar-refractivity contribution in [1.82, 2.24) is 15.1 Å². The molecule has 0 unspecified atom stereocenters. The van der Waals surface area contributed by atoms with Gasteiger partial charge in [0.25, 0.3) is 5.91 Å². The van der Waals surface area contributed by atoms with Crippen LogP contribution in [0.15, 0.2) is 24.3 Å². The Morgan fingerprint density at radius 1 is 1.33 bits per heavy atom. The molecule has 1 aromatic carbocycles. The van der Waals surface area contributed by atoms with E-state index < -0.39 is 0 Å². The summed E-state index contributed by atoms with van der Waals surface area (Å²) in [4.78, 5) is 12.2. The highest BCUT2D eigenvalue weighted by Crippen LogP contribution is 2.15. The normalized spacial score (nSPS) is 10.6. The number of rotatable bonds is 5. The molecule has 5 nitrogen and oxygen atoms in total. The molecule has 0 atom stereocenters. The van der Waals surface area contributed by atoms with Crippen molar-refractivity contribution >= 4 is 11.6 Å². The minimum atomic E-state index is -0.112. The molecule has 3 N–H and O–H groups in total. The van der Waals surface area contributed by atoms with Gasteiger partial charge >= 0.3 is 0 Å². The van der Waals surface area contributed by atoms with E-state index in [1.165, 1.54) is 0 Å². The number of nitrogens with one attached hydrogen (secondary N) is 1. The van der Waals surface area contributed by atoms with Crippen molar-refractivity contribution in [2.75, 3.05) is 12.3 Å². The Morgan fingerprint density at radius 3 is 2.71 bits per heavy atom. The molecular formula is C16H22N4O. The van der Waals surface area contributed by atoms with Crippen LogP contribution in [0.4, 0.5) is 5.69 Å². The van der Waals surface area contributed by atoms with E-state index in [-0.39, 0.29) is 5.91 Å². The molecule has 0 saturated heterocycles. The first kappa shape index (κ1) is 15.1. The monoisotopic (exact) mass is 286 g/mol. The molecule has 21 heavy (non-hydrogen) atoms. The van der Waals surface area contributed by atoms with Crippen LogP contribution in [0.1, 0.15) is 33.7 Å². The molecule has 2 rings (SSSR count). The van der Waals surface area contributed by atoms with Gasteiger partial charge in [-0.3, -0.25) is 9.48 Å². The lowest BCUT2D eigenvalue weighted by Gasteiger charge is -2.10. The van der Waals surface area contributed by atoms with Crippen LogP contribution in [0.2, 0.25) is 0 Å². The predicted molar refractivity (Wildman–Crippen MR) is 84.2 cm³/mol. The molecule has 0 bridgehead atoms. The van der Waals surface area contributed by atoms with Gasteiger partial charge in [0.1, 0.15) is 0 Å². The van der Waals surface area contributed by atoms with Crippen molar-refractivity contribution in [3.8, 4) is 0 Å². The fourth-order valence-corrected chi connectivity index (χ4v) is 2.42. The smallest absolute Gasteiger partial charge is 0.253 e. The SMILES string of the molecule is Cc1cc(C)n(CCCNC(=O)c2c(C)cccc2N)n1. The minimum Gasteiger partial charge on any atom is -0.398 e. The fraction of sp³-hybridized carbons (Fsp3) is 0.375. The third-order valence-electron chi connectivity index (χ3n) is 3.47. The van der Waals surface area contributed by atoms with Gasteiger partial charge < -0.3 is 11.1 Å². The van der Waals surface area contributed by atoms with E-state index in [0.717, 1.165) is 29.9 Å². The van der Waals surface area contributed by atoms with E-state index in [9.17, 15) is 4.79 Å². The van der Waals surface area contributed by atoms with Gasteiger partial charge in [-0.25, -0.2) is 0 Å². The Hall–Kier alpha value is -2.30. The van der Waals surface area contributed by atoms with E-state index in [4.69, 9.17) is 5.73 Å². The van der Waals surface area contributed by atoms with Crippen LogP contribution in [0, 0.1) is 20.8 Å². The molecule has 0 aliphatic rings. The number of anilines is 1. The lowest BCUT2D eigenvalue weighted by molar-refractivity contribution is 0.0953. The quantitative estimate of drug-likeness (QED) is 0.654. The number of nitrogen functional groups attached to an aromatic ring is 1. The summed E-state index contributed by atoms with van der Waals surface area (Å²) in [6.45, 7) is 7.30. The molecule has 112 valence electrons. The molecule has 5 heteroatoms. The van der Waals surface area contributed by atoms with Crippen LogP contribution >= 0.6 is 0 Å². The molecule has 1 amide bonds. The zero-order valence-corrected chi connectivity index (χ0v) is 12.8. The van der Waals surface area contributed by atoms with Crippen molar-refractivity contribution in [1.29, 1.82) is 0 Å². The first-order valence-electron chi connectivity index (χ1n) is 7.13. The number of nitrogens with two attached hydrogens (primary N) is 1. The minimum absolute atomic E-state index is 0.112. The second-order valence-electron chi connectivity index (χ2n) is 5.30. The van der Waals surface area contributed by atoms with Crippen LogP contribution in [-0.4, -0.2) is 22.2 Å². The summed E-state index contributed by atoms with van der Waals surface area (Å²) in [5.41, 5.74) is 10.0. The Morgan fingerprint density at radius 2 is 2.10 bits per heavy atom. The lowest BCUT2D eigenvalue weighted by Crippen LogP contribution is -2.27. The number of benzene rings is 1. The number of nitrogens with zero attached hydrogens (tertiary/aromatic N) is 2. The topological polar surface area (TPSA) is 72.9 Å². The largest absolute Gasteiger partial charge is 0.398 e. The van der Waals surface area contributed by atoms with E-state index in [2.05, 4.69) is 10.4 Å². The number of amides is 1. The van der Waals surface area contributed by atoms with Gasteiger partial charge in [-0.1, -0.05) is 12.1 Å². The summed E-state index contributed by atoms with van der Waals surface area (Å²) >= 11 is 0. The molecule has 0 fully saturated rings. The van der Waals surface area contributed by atoms with Gasteiger partial charge in [0.05, 0.1) is 11.3 Å². The van der Waals surface area contributed by atoms with Crippen LogP contribution in [0.25, 0.3) is 0 Å². The predicted octanol–water partition coefficient (Wildman–Crippen LogP) is 2.21. The Bertz CT molecular complexity index is 625. The van der Waals surface area contributed by atoms with Crippen LogP contribution in [-0.2, 0) is 6.54 Å². The van der Waals surface area contributed by atoms with E-state index in [1.807, 2.05) is 43.7 Å². The summed E-state index contributed by atoms with van der Waals surface area (Å²) in [7, 11) is 0. The molecule has 1 aromatic heterocycles. The van der Waals surface area contributed by atoms with E-state index in [1.54, 1.807) is 6.07 Å².